The molecule has 5 nitrogen and oxygen atoms in total. The van der Waals surface area contributed by atoms with Gasteiger partial charge in [-0.2, -0.15) is 0 Å². The highest BCUT2D eigenvalue weighted by molar-refractivity contribution is 5.39. The summed E-state index contributed by atoms with van der Waals surface area (Å²) in [7, 11) is 0. The molecule has 1 aromatic carbocycles. The van der Waals surface area contributed by atoms with Crippen molar-refractivity contribution in [3.8, 4) is 0 Å². The molecular weight excluding hydrogens is 266 g/mol. The van der Waals surface area contributed by atoms with Crippen LogP contribution in [0.1, 0.15) is 31.7 Å². The van der Waals surface area contributed by atoms with Gasteiger partial charge in [0, 0.05) is 24.7 Å². The molecule has 0 saturated carbocycles. The van der Waals surface area contributed by atoms with Gasteiger partial charge < -0.3 is 5.32 Å². The van der Waals surface area contributed by atoms with Gasteiger partial charge in [0.25, 0.3) is 5.69 Å². The SMILES string of the molecule is CCCNCC1CCCN(Cc2ccccc2[N+](=O)[O-])C1. The highest BCUT2D eigenvalue weighted by Gasteiger charge is 2.22. The number of piperidine rings is 1. The molecule has 116 valence electrons. The molecule has 1 saturated heterocycles. The van der Waals surface area contributed by atoms with E-state index in [1.54, 1.807) is 12.1 Å². The third-order valence-electron chi connectivity index (χ3n) is 4.05. The molecule has 21 heavy (non-hydrogen) atoms. The number of para-hydroxylation sites is 1. The first-order chi connectivity index (χ1) is 10.2. The van der Waals surface area contributed by atoms with Crippen LogP contribution in [0.2, 0.25) is 0 Å². The van der Waals surface area contributed by atoms with E-state index >= 15 is 0 Å². The Balaban J connectivity index is 1.92. The van der Waals surface area contributed by atoms with Crippen LogP contribution in [0.4, 0.5) is 5.69 Å². The van der Waals surface area contributed by atoms with Gasteiger partial charge in [-0.05, 0) is 44.8 Å². The molecule has 2 rings (SSSR count). The molecule has 1 unspecified atom stereocenters. The minimum absolute atomic E-state index is 0.240. The number of nitrogens with zero attached hydrogens (tertiary/aromatic N) is 2. The molecule has 1 aromatic rings. The van der Waals surface area contributed by atoms with Gasteiger partial charge in [-0.3, -0.25) is 15.0 Å². The van der Waals surface area contributed by atoms with Crippen molar-refractivity contribution in [2.24, 2.45) is 5.92 Å². The largest absolute Gasteiger partial charge is 0.316 e. The Morgan fingerprint density at radius 3 is 3.00 bits per heavy atom. The normalized spacial score (nSPS) is 19.6. The summed E-state index contributed by atoms with van der Waals surface area (Å²) in [5.41, 5.74) is 1.06. The van der Waals surface area contributed by atoms with E-state index in [1.165, 1.54) is 12.8 Å². The van der Waals surface area contributed by atoms with E-state index in [9.17, 15) is 10.1 Å². The molecule has 1 aliphatic rings. The zero-order valence-corrected chi connectivity index (χ0v) is 12.8. The van der Waals surface area contributed by atoms with Crippen LogP contribution in [-0.4, -0.2) is 36.0 Å². The first-order valence-corrected chi connectivity index (χ1v) is 7.86. The first-order valence-electron chi connectivity index (χ1n) is 7.86. The molecule has 5 heteroatoms. The van der Waals surface area contributed by atoms with Gasteiger partial charge in [0.2, 0.25) is 0 Å². The van der Waals surface area contributed by atoms with E-state index in [0.29, 0.717) is 12.5 Å². The summed E-state index contributed by atoms with van der Waals surface area (Å²) >= 11 is 0. The second kappa shape index (κ2) is 8.10. The Morgan fingerprint density at radius 2 is 2.24 bits per heavy atom. The fourth-order valence-electron chi connectivity index (χ4n) is 3.01. The highest BCUT2D eigenvalue weighted by Crippen LogP contribution is 2.23. The quantitative estimate of drug-likeness (QED) is 0.477. The van der Waals surface area contributed by atoms with Crippen LogP contribution in [0.25, 0.3) is 0 Å². The molecule has 1 atom stereocenters. The molecule has 1 N–H and O–H groups in total. The van der Waals surface area contributed by atoms with E-state index in [-0.39, 0.29) is 10.6 Å². The van der Waals surface area contributed by atoms with Crippen molar-refractivity contribution in [3.05, 3.63) is 39.9 Å². The number of hydrogen-bond donors (Lipinski definition) is 1. The summed E-state index contributed by atoms with van der Waals surface area (Å²) in [6.07, 6.45) is 3.59. The van der Waals surface area contributed by atoms with Crippen LogP contribution < -0.4 is 5.32 Å². The van der Waals surface area contributed by atoms with Gasteiger partial charge in [-0.1, -0.05) is 25.1 Å². The van der Waals surface area contributed by atoms with E-state index in [0.717, 1.165) is 38.2 Å². The third-order valence-corrected chi connectivity index (χ3v) is 4.05. The molecular formula is C16H25N3O2. The van der Waals surface area contributed by atoms with Gasteiger partial charge in [0.1, 0.15) is 0 Å². The Kier molecular flexibility index (Phi) is 6.14. The lowest BCUT2D eigenvalue weighted by molar-refractivity contribution is -0.385. The van der Waals surface area contributed by atoms with E-state index < -0.39 is 0 Å². The number of benzene rings is 1. The predicted molar refractivity (Wildman–Crippen MR) is 84.3 cm³/mol. The fraction of sp³-hybridized carbons (Fsp3) is 0.625. The van der Waals surface area contributed by atoms with Crippen molar-refractivity contribution in [2.75, 3.05) is 26.2 Å². The van der Waals surface area contributed by atoms with Crippen molar-refractivity contribution in [1.29, 1.82) is 0 Å². The topological polar surface area (TPSA) is 58.4 Å². The van der Waals surface area contributed by atoms with Gasteiger partial charge >= 0.3 is 0 Å². The molecule has 0 radical (unpaired) electrons. The average Bonchev–Trinajstić information content (AvgIpc) is 2.48. The molecule has 1 aliphatic heterocycles. The molecule has 1 fully saturated rings. The molecule has 1 heterocycles. The van der Waals surface area contributed by atoms with Crippen molar-refractivity contribution in [1.82, 2.24) is 10.2 Å². The van der Waals surface area contributed by atoms with Crippen LogP contribution in [0.15, 0.2) is 24.3 Å². The number of rotatable bonds is 7. The zero-order valence-electron chi connectivity index (χ0n) is 12.8. The number of nitro benzene ring substituents is 1. The van der Waals surface area contributed by atoms with Crippen LogP contribution >= 0.6 is 0 Å². The van der Waals surface area contributed by atoms with E-state index in [1.807, 2.05) is 12.1 Å². The van der Waals surface area contributed by atoms with Gasteiger partial charge in [0.15, 0.2) is 0 Å². The van der Waals surface area contributed by atoms with Crippen molar-refractivity contribution >= 4 is 5.69 Å². The van der Waals surface area contributed by atoms with E-state index in [2.05, 4.69) is 17.1 Å². The molecule has 0 spiro atoms. The monoisotopic (exact) mass is 291 g/mol. The maximum Gasteiger partial charge on any atom is 0.273 e. The van der Waals surface area contributed by atoms with Gasteiger partial charge in [0.05, 0.1) is 4.92 Å². The summed E-state index contributed by atoms with van der Waals surface area (Å²) in [5.74, 6) is 0.660. The Bertz CT molecular complexity index is 465. The summed E-state index contributed by atoms with van der Waals surface area (Å²) in [6.45, 7) is 7.05. The maximum absolute atomic E-state index is 11.1. The highest BCUT2D eigenvalue weighted by atomic mass is 16.6. The summed E-state index contributed by atoms with van der Waals surface area (Å²) in [6, 6.07) is 7.08. The lowest BCUT2D eigenvalue weighted by Gasteiger charge is -2.32. The van der Waals surface area contributed by atoms with Crippen LogP contribution in [0.5, 0.6) is 0 Å². The Morgan fingerprint density at radius 1 is 1.43 bits per heavy atom. The molecule has 0 aromatic heterocycles. The minimum atomic E-state index is -0.278. The van der Waals surface area contributed by atoms with Crippen LogP contribution in [-0.2, 0) is 6.54 Å². The number of nitrogens with one attached hydrogen (secondary N) is 1. The van der Waals surface area contributed by atoms with Crippen LogP contribution in [0, 0.1) is 16.0 Å². The van der Waals surface area contributed by atoms with Crippen LogP contribution in [0.3, 0.4) is 0 Å². The standard InChI is InChI=1S/C16H25N3O2/c1-2-9-17-11-14-6-5-10-18(12-14)13-15-7-3-4-8-16(15)19(20)21/h3-4,7-8,14,17H,2,5-6,9-13H2,1H3. The predicted octanol–water partition coefficient (Wildman–Crippen LogP) is 2.81. The first kappa shape index (κ1) is 15.9. The summed E-state index contributed by atoms with van der Waals surface area (Å²) in [4.78, 5) is 13.2. The second-order valence-corrected chi connectivity index (χ2v) is 5.83. The molecule has 0 amide bonds. The van der Waals surface area contributed by atoms with E-state index in [4.69, 9.17) is 0 Å². The van der Waals surface area contributed by atoms with Gasteiger partial charge in [-0.25, -0.2) is 0 Å². The zero-order chi connectivity index (χ0) is 15.1. The number of likely N-dealkylation sites (tertiary alicyclic amines) is 1. The molecule has 0 aliphatic carbocycles. The molecule has 0 bridgehead atoms. The summed E-state index contributed by atoms with van der Waals surface area (Å²) < 4.78 is 0. The maximum atomic E-state index is 11.1. The Labute approximate surface area is 126 Å². The van der Waals surface area contributed by atoms with Crippen molar-refractivity contribution in [2.45, 2.75) is 32.7 Å². The second-order valence-electron chi connectivity index (χ2n) is 5.83. The Hall–Kier alpha value is -1.46. The van der Waals surface area contributed by atoms with Crippen molar-refractivity contribution < 1.29 is 4.92 Å². The lowest BCUT2D eigenvalue weighted by Crippen LogP contribution is -2.39. The number of hydrogen-bond acceptors (Lipinski definition) is 4. The lowest BCUT2D eigenvalue weighted by atomic mass is 9.97. The summed E-state index contributed by atoms with van der Waals surface area (Å²) in [5, 5.41) is 14.6. The van der Waals surface area contributed by atoms with Crippen molar-refractivity contribution in [3.63, 3.8) is 0 Å². The average molecular weight is 291 g/mol. The minimum Gasteiger partial charge on any atom is -0.316 e. The fourth-order valence-corrected chi connectivity index (χ4v) is 3.01. The number of nitro groups is 1. The smallest absolute Gasteiger partial charge is 0.273 e. The van der Waals surface area contributed by atoms with Gasteiger partial charge in [-0.15, -0.1) is 0 Å². The third kappa shape index (κ3) is 4.79.